The topological polar surface area (TPSA) is 73.3 Å². The average molecular weight is 341 g/mol. The molecule has 1 aromatic carbocycles. The molecule has 0 bridgehead atoms. The summed E-state index contributed by atoms with van der Waals surface area (Å²) in [6, 6.07) is 7.98. The van der Waals surface area contributed by atoms with Crippen molar-refractivity contribution < 1.29 is 14.3 Å². The third kappa shape index (κ3) is 4.26. The molecule has 0 radical (unpaired) electrons. The number of para-hydroxylation sites is 1. The van der Waals surface area contributed by atoms with Crippen molar-refractivity contribution in [1.29, 1.82) is 0 Å². The maximum Gasteiger partial charge on any atom is 0.407 e. The number of nitrogens with zero attached hydrogens (tertiary/aromatic N) is 2. The molecule has 132 valence electrons. The second-order valence-corrected chi connectivity index (χ2v) is 7.07. The minimum atomic E-state index is -0.501. The van der Waals surface area contributed by atoms with E-state index in [9.17, 15) is 4.79 Å². The molecule has 0 fully saturated rings. The molecule has 3 rings (SSSR count). The number of nitrogens with one attached hydrogen (secondary N) is 1. The Bertz CT molecular complexity index is 741. The Morgan fingerprint density at radius 3 is 2.88 bits per heavy atom. The summed E-state index contributed by atoms with van der Waals surface area (Å²) in [6.07, 6.45) is 3.84. The Morgan fingerprint density at radius 1 is 1.32 bits per heavy atom. The van der Waals surface area contributed by atoms with Gasteiger partial charge in [-0.15, -0.1) is 0 Å². The van der Waals surface area contributed by atoms with Crippen molar-refractivity contribution in [3.05, 3.63) is 42.2 Å². The van der Waals surface area contributed by atoms with Gasteiger partial charge < -0.3 is 14.8 Å². The summed E-state index contributed by atoms with van der Waals surface area (Å²) in [5.74, 6) is 1.05. The predicted octanol–water partition coefficient (Wildman–Crippen LogP) is 3.53. The van der Waals surface area contributed by atoms with Crippen LogP contribution in [0.2, 0.25) is 0 Å². The van der Waals surface area contributed by atoms with Crippen LogP contribution in [0.15, 0.2) is 36.7 Å². The quantitative estimate of drug-likeness (QED) is 0.924. The molecule has 2 aromatic rings. The van der Waals surface area contributed by atoms with Crippen LogP contribution in [-0.2, 0) is 4.74 Å². The number of hydrogen-bond acceptors (Lipinski definition) is 5. The van der Waals surface area contributed by atoms with Gasteiger partial charge in [-0.2, -0.15) is 10.2 Å². The molecular formula is C19H23N3O3. The van der Waals surface area contributed by atoms with E-state index < -0.39 is 11.7 Å². The molecule has 0 saturated heterocycles. The zero-order valence-corrected chi connectivity index (χ0v) is 14.8. The Hall–Kier alpha value is -2.63. The van der Waals surface area contributed by atoms with Crippen molar-refractivity contribution in [2.24, 2.45) is 0 Å². The lowest BCUT2D eigenvalue weighted by Gasteiger charge is -2.28. The van der Waals surface area contributed by atoms with Crippen LogP contribution in [0.1, 0.15) is 38.7 Å². The number of amides is 1. The van der Waals surface area contributed by atoms with E-state index in [1.807, 2.05) is 45.0 Å². The van der Waals surface area contributed by atoms with Gasteiger partial charge in [-0.3, -0.25) is 0 Å². The summed E-state index contributed by atoms with van der Waals surface area (Å²) >= 11 is 0. The van der Waals surface area contributed by atoms with Crippen molar-refractivity contribution in [3.63, 3.8) is 0 Å². The highest BCUT2D eigenvalue weighted by Crippen LogP contribution is 2.40. The maximum absolute atomic E-state index is 11.9. The first-order valence-corrected chi connectivity index (χ1v) is 8.43. The Kier molecular flexibility index (Phi) is 4.88. The predicted molar refractivity (Wildman–Crippen MR) is 94.6 cm³/mol. The van der Waals surface area contributed by atoms with Gasteiger partial charge in [0.2, 0.25) is 0 Å². The average Bonchev–Trinajstić information content (AvgIpc) is 2.58. The normalized spacial score (nSPS) is 16.5. The van der Waals surface area contributed by atoms with Gasteiger partial charge in [-0.05, 0) is 38.8 Å². The van der Waals surface area contributed by atoms with Gasteiger partial charge in [0.05, 0.1) is 19.0 Å². The van der Waals surface area contributed by atoms with E-state index >= 15 is 0 Å². The number of alkyl carbamates (subject to hydrolysis) is 1. The van der Waals surface area contributed by atoms with Crippen LogP contribution in [-0.4, -0.2) is 35.0 Å². The number of carbonyl (C=O) groups is 1. The van der Waals surface area contributed by atoms with Gasteiger partial charge in [0.25, 0.3) is 0 Å². The molecule has 6 heteroatoms. The summed E-state index contributed by atoms with van der Waals surface area (Å²) in [5.41, 5.74) is 2.55. The Balaban J connectivity index is 1.78. The number of rotatable bonds is 3. The monoisotopic (exact) mass is 341 g/mol. The summed E-state index contributed by atoms with van der Waals surface area (Å²) in [6.45, 7) is 6.69. The highest BCUT2D eigenvalue weighted by molar-refractivity contribution is 5.72. The number of ether oxygens (including phenoxy) is 2. The van der Waals surface area contributed by atoms with E-state index in [2.05, 4.69) is 15.5 Å². The van der Waals surface area contributed by atoms with E-state index in [-0.39, 0.29) is 5.92 Å². The fourth-order valence-electron chi connectivity index (χ4n) is 2.91. The van der Waals surface area contributed by atoms with E-state index in [0.29, 0.717) is 13.2 Å². The third-order valence-electron chi connectivity index (χ3n) is 3.98. The fourth-order valence-corrected chi connectivity index (χ4v) is 2.91. The van der Waals surface area contributed by atoms with Crippen LogP contribution >= 0.6 is 0 Å². The first-order valence-electron chi connectivity index (χ1n) is 8.43. The summed E-state index contributed by atoms with van der Waals surface area (Å²) in [4.78, 5) is 11.9. The molecule has 6 nitrogen and oxygen atoms in total. The second kappa shape index (κ2) is 7.09. The summed E-state index contributed by atoms with van der Waals surface area (Å²) < 4.78 is 11.2. The van der Waals surface area contributed by atoms with Crippen LogP contribution in [0.25, 0.3) is 11.1 Å². The minimum Gasteiger partial charge on any atom is -0.493 e. The molecule has 1 aliphatic rings. The van der Waals surface area contributed by atoms with Gasteiger partial charge in [-0.25, -0.2) is 4.79 Å². The van der Waals surface area contributed by atoms with Crippen LogP contribution < -0.4 is 10.1 Å². The standard InChI is InChI=1S/C19H23N3O3/c1-19(2,3)25-18(23)20-11-14-8-10-24-17-15(5-4-6-16(14)17)13-7-9-21-22-12-13/h4-7,9,12,14H,8,10-11H2,1-3H3,(H,20,23)/t14-/m0/s1. The zero-order chi connectivity index (χ0) is 17.9. The SMILES string of the molecule is CC(C)(C)OC(=O)NC[C@@H]1CCOc2c(-c3ccnnc3)cccc21. The number of hydrogen-bond donors (Lipinski definition) is 1. The molecule has 0 unspecified atom stereocenters. The van der Waals surface area contributed by atoms with Gasteiger partial charge >= 0.3 is 6.09 Å². The van der Waals surface area contributed by atoms with Gasteiger partial charge in [-0.1, -0.05) is 18.2 Å². The summed E-state index contributed by atoms with van der Waals surface area (Å²) in [7, 11) is 0. The molecule has 0 spiro atoms. The molecular weight excluding hydrogens is 318 g/mol. The van der Waals surface area contributed by atoms with Gasteiger partial charge in [0.15, 0.2) is 0 Å². The lowest BCUT2D eigenvalue weighted by molar-refractivity contribution is 0.0521. The number of aromatic nitrogens is 2. The van der Waals surface area contributed by atoms with E-state index in [4.69, 9.17) is 9.47 Å². The molecule has 1 atom stereocenters. The van der Waals surface area contributed by atoms with Crippen molar-refractivity contribution in [3.8, 4) is 16.9 Å². The molecule has 0 saturated carbocycles. The van der Waals surface area contributed by atoms with Crippen LogP contribution in [0.5, 0.6) is 5.75 Å². The lowest BCUT2D eigenvalue weighted by atomic mass is 9.90. The summed E-state index contributed by atoms with van der Waals surface area (Å²) in [5, 5.41) is 10.6. The van der Waals surface area contributed by atoms with E-state index in [0.717, 1.165) is 28.9 Å². The largest absolute Gasteiger partial charge is 0.493 e. The van der Waals surface area contributed by atoms with Crippen molar-refractivity contribution in [2.45, 2.75) is 38.7 Å². The molecule has 25 heavy (non-hydrogen) atoms. The minimum absolute atomic E-state index is 0.186. The van der Waals surface area contributed by atoms with E-state index in [1.54, 1.807) is 12.4 Å². The molecule has 1 N–H and O–H groups in total. The first kappa shape index (κ1) is 17.2. The van der Waals surface area contributed by atoms with Crippen LogP contribution in [0, 0.1) is 0 Å². The Labute approximate surface area is 147 Å². The number of fused-ring (bicyclic) bond motifs is 1. The van der Waals surface area contributed by atoms with Crippen molar-refractivity contribution in [1.82, 2.24) is 15.5 Å². The van der Waals surface area contributed by atoms with Crippen LogP contribution in [0.3, 0.4) is 0 Å². The smallest absolute Gasteiger partial charge is 0.407 e. The third-order valence-corrected chi connectivity index (χ3v) is 3.98. The second-order valence-electron chi connectivity index (χ2n) is 7.07. The molecule has 1 aliphatic heterocycles. The highest BCUT2D eigenvalue weighted by Gasteiger charge is 2.25. The number of carbonyl (C=O) groups excluding carboxylic acids is 1. The molecule has 1 aromatic heterocycles. The molecule has 2 heterocycles. The first-order chi connectivity index (χ1) is 11.9. The maximum atomic E-state index is 11.9. The van der Waals surface area contributed by atoms with Crippen molar-refractivity contribution >= 4 is 6.09 Å². The number of benzene rings is 1. The van der Waals surface area contributed by atoms with Gasteiger partial charge in [0.1, 0.15) is 11.4 Å². The van der Waals surface area contributed by atoms with E-state index in [1.165, 1.54) is 0 Å². The van der Waals surface area contributed by atoms with Crippen molar-refractivity contribution in [2.75, 3.05) is 13.2 Å². The van der Waals surface area contributed by atoms with Crippen LogP contribution in [0.4, 0.5) is 4.79 Å². The molecule has 0 aliphatic carbocycles. The lowest BCUT2D eigenvalue weighted by Crippen LogP contribution is -2.35. The molecule has 1 amide bonds. The Morgan fingerprint density at radius 2 is 2.16 bits per heavy atom. The fraction of sp³-hybridized carbons (Fsp3) is 0.421. The zero-order valence-electron chi connectivity index (χ0n) is 14.8. The van der Waals surface area contributed by atoms with Gasteiger partial charge in [0, 0.05) is 23.6 Å². The highest BCUT2D eigenvalue weighted by atomic mass is 16.6.